The Balaban J connectivity index is 2.17. The van der Waals surface area contributed by atoms with Crippen LogP contribution in [0.4, 0.5) is 5.82 Å². The lowest BCUT2D eigenvalue weighted by Gasteiger charge is -2.11. The van der Waals surface area contributed by atoms with Gasteiger partial charge >= 0.3 is 0 Å². The number of nitrogens with one attached hydrogen (secondary N) is 1. The number of halogens is 1. The Bertz CT molecular complexity index is 296. The summed E-state index contributed by atoms with van der Waals surface area (Å²) in [6.07, 6.45) is 5.59. The highest BCUT2D eigenvalue weighted by molar-refractivity contribution is 6.31. The fourth-order valence-electron chi connectivity index (χ4n) is 1.00. The van der Waals surface area contributed by atoms with Crippen molar-refractivity contribution >= 4 is 17.4 Å². The van der Waals surface area contributed by atoms with Crippen LogP contribution < -0.4 is 5.32 Å². The molecule has 1 N–H and O–H groups in total. The zero-order chi connectivity index (χ0) is 8.60. The van der Waals surface area contributed by atoms with Crippen molar-refractivity contribution in [2.75, 3.05) is 5.32 Å². The van der Waals surface area contributed by atoms with Crippen molar-refractivity contribution in [1.82, 2.24) is 9.97 Å². The lowest BCUT2D eigenvalue weighted by atomic mass is 10.3. The Morgan fingerprint density at radius 2 is 2.08 bits per heavy atom. The number of hydrogen-bond acceptors (Lipinski definition) is 3. The quantitative estimate of drug-likeness (QED) is 0.763. The van der Waals surface area contributed by atoms with Gasteiger partial charge in [-0.1, -0.05) is 11.6 Å². The molecule has 2 rings (SSSR count). The van der Waals surface area contributed by atoms with Gasteiger partial charge in [-0.15, -0.1) is 0 Å². The summed E-state index contributed by atoms with van der Waals surface area (Å²) >= 11 is 5.82. The first-order valence-corrected chi connectivity index (χ1v) is 4.32. The molecule has 1 aliphatic rings. The molecular weight excluding hydrogens is 174 g/mol. The van der Waals surface area contributed by atoms with Crippen LogP contribution in [0.2, 0.25) is 5.15 Å². The van der Waals surface area contributed by atoms with E-state index in [-0.39, 0.29) is 5.54 Å². The van der Waals surface area contributed by atoms with Gasteiger partial charge in [-0.25, -0.2) is 9.97 Å². The molecule has 0 aromatic carbocycles. The van der Waals surface area contributed by atoms with E-state index in [1.807, 2.05) is 0 Å². The van der Waals surface area contributed by atoms with Crippen molar-refractivity contribution < 1.29 is 0 Å². The molecule has 1 aromatic heterocycles. The van der Waals surface area contributed by atoms with Crippen LogP contribution >= 0.6 is 11.6 Å². The maximum absolute atomic E-state index is 5.82. The van der Waals surface area contributed by atoms with Crippen LogP contribution in [0.15, 0.2) is 12.4 Å². The molecular formula is C8H10ClN3. The summed E-state index contributed by atoms with van der Waals surface area (Å²) in [6, 6.07) is 0. The molecule has 0 radical (unpaired) electrons. The molecule has 4 heteroatoms. The van der Waals surface area contributed by atoms with Crippen molar-refractivity contribution in [2.45, 2.75) is 25.3 Å². The van der Waals surface area contributed by atoms with Gasteiger partial charge in [-0.2, -0.15) is 0 Å². The van der Waals surface area contributed by atoms with Crippen molar-refractivity contribution in [2.24, 2.45) is 0 Å². The normalized spacial score (nSPS) is 18.8. The third kappa shape index (κ3) is 1.50. The van der Waals surface area contributed by atoms with Crippen LogP contribution in [0.1, 0.15) is 19.8 Å². The molecule has 64 valence electrons. The Kier molecular flexibility index (Phi) is 1.68. The van der Waals surface area contributed by atoms with E-state index in [2.05, 4.69) is 22.2 Å². The van der Waals surface area contributed by atoms with E-state index >= 15 is 0 Å². The summed E-state index contributed by atoms with van der Waals surface area (Å²) in [7, 11) is 0. The second kappa shape index (κ2) is 2.59. The molecule has 0 atom stereocenters. The molecule has 0 aliphatic heterocycles. The molecule has 0 unspecified atom stereocenters. The topological polar surface area (TPSA) is 37.8 Å². The molecule has 0 saturated heterocycles. The first-order chi connectivity index (χ1) is 5.70. The number of nitrogens with zero attached hydrogens (tertiary/aromatic N) is 2. The second-order valence-electron chi connectivity index (χ2n) is 3.38. The lowest BCUT2D eigenvalue weighted by Crippen LogP contribution is -2.17. The van der Waals surface area contributed by atoms with Crippen LogP contribution in [0.25, 0.3) is 0 Å². The molecule has 0 spiro atoms. The van der Waals surface area contributed by atoms with Crippen molar-refractivity contribution in [3.63, 3.8) is 0 Å². The monoisotopic (exact) mass is 183 g/mol. The van der Waals surface area contributed by atoms with Gasteiger partial charge < -0.3 is 5.32 Å². The minimum atomic E-state index is 0.208. The Labute approximate surface area is 76.2 Å². The fraction of sp³-hybridized carbons (Fsp3) is 0.500. The van der Waals surface area contributed by atoms with E-state index in [1.165, 1.54) is 12.8 Å². The first kappa shape index (κ1) is 7.80. The minimum absolute atomic E-state index is 0.208. The molecule has 1 heterocycles. The van der Waals surface area contributed by atoms with E-state index < -0.39 is 0 Å². The summed E-state index contributed by atoms with van der Waals surface area (Å²) < 4.78 is 0. The van der Waals surface area contributed by atoms with Crippen LogP contribution in [0.5, 0.6) is 0 Å². The minimum Gasteiger partial charge on any atom is -0.362 e. The summed E-state index contributed by atoms with van der Waals surface area (Å²) in [5, 5.41) is 3.70. The number of aromatic nitrogens is 2. The van der Waals surface area contributed by atoms with Gasteiger partial charge in [0.25, 0.3) is 0 Å². The SMILES string of the molecule is CC1(Nc2nccnc2Cl)CC1. The van der Waals surface area contributed by atoms with E-state index in [0.29, 0.717) is 11.0 Å². The van der Waals surface area contributed by atoms with Crippen LogP contribution in [0.3, 0.4) is 0 Å². The summed E-state index contributed by atoms with van der Waals surface area (Å²) in [6.45, 7) is 2.15. The Morgan fingerprint density at radius 3 is 2.67 bits per heavy atom. The fourth-order valence-corrected chi connectivity index (χ4v) is 1.16. The maximum atomic E-state index is 5.82. The van der Waals surface area contributed by atoms with Gasteiger partial charge in [0.15, 0.2) is 11.0 Å². The zero-order valence-electron chi connectivity index (χ0n) is 6.84. The van der Waals surface area contributed by atoms with Crippen LogP contribution in [-0.4, -0.2) is 15.5 Å². The lowest BCUT2D eigenvalue weighted by molar-refractivity contribution is 0.819. The third-order valence-corrected chi connectivity index (χ3v) is 2.35. The van der Waals surface area contributed by atoms with Crippen molar-refractivity contribution in [1.29, 1.82) is 0 Å². The first-order valence-electron chi connectivity index (χ1n) is 3.94. The smallest absolute Gasteiger partial charge is 0.171 e. The average Bonchev–Trinajstić information content (AvgIpc) is 2.74. The van der Waals surface area contributed by atoms with Gasteiger partial charge in [-0.3, -0.25) is 0 Å². The molecule has 3 nitrogen and oxygen atoms in total. The number of rotatable bonds is 2. The second-order valence-corrected chi connectivity index (χ2v) is 3.74. The maximum Gasteiger partial charge on any atom is 0.171 e. The molecule has 0 bridgehead atoms. The zero-order valence-corrected chi connectivity index (χ0v) is 7.60. The van der Waals surface area contributed by atoms with Crippen molar-refractivity contribution in [3.05, 3.63) is 17.5 Å². The highest BCUT2D eigenvalue weighted by Gasteiger charge is 2.37. The van der Waals surface area contributed by atoms with E-state index in [9.17, 15) is 0 Å². The van der Waals surface area contributed by atoms with E-state index in [1.54, 1.807) is 12.4 Å². The summed E-state index contributed by atoms with van der Waals surface area (Å²) in [4.78, 5) is 8.03. The average molecular weight is 184 g/mol. The van der Waals surface area contributed by atoms with Crippen LogP contribution in [0, 0.1) is 0 Å². The highest BCUT2D eigenvalue weighted by atomic mass is 35.5. The Morgan fingerprint density at radius 1 is 1.42 bits per heavy atom. The number of anilines is 1. The molecule has 1 aromatic rings. The predicted octanol–water partition coefficient (Wildman–Crippen LogP) is 2.09. The third-order valence-electron chi connectivity index (χ3n) is 2.07. The predicted molar refractivity (Wildman–Crippen MR) is 48.3 cm³/mol. The summed E-state index contributed by atoms with van der Waals surface area (Å²) in [5.74, 6) is 0.694. The van der Waals surface area contributed by atoms with Crippen molar-refractivity contribution in [3.8, 4) is 0 Å². The highest BCUT2D eigenvalue weighted by Crippen LogP contribution is 2.38. The molecule has 1 fully saturated rings. The molecule has 1 aliphatic carbocycles. The van der Waals surface area contributed by atoms with Gasteiger partial charge in [0.2, 0.25) is 0 Å². The van der Waals surface area contributed by atoms with Crippen LogP contribution in [-0.2, 0) is 0 Å². The largest absolute Gasteiger partial charge is 0.362 e. The molecule has 12 heavy (non-hydrogen) atoms. The summed E-state index contributed by atoms with van der Waals surface area (Å²) in [5.41, 5.74) is 0.208. The van der Waals surface area contributed by atoms with E-state index in [4.69, 9.17) is 11.6 Å². The van der Waals surface area contributed by atoms with Gasteiger partial charge in [-0.05, 0) is 19.8 Å². The molecule has 0 amide bonds. The van der Waals surface area contributed by atoms with Gasteiger partial charge in [0.1, 0.15) is 0 Å². The number of hydrogen-bond donors (Lipinski definition) is 1. The standard InChI is InChI=1S/C8H10ClN3/c1-8(2-3-8)12-7-6(9)10-4-5-11-7/h4-5H,2-3H2,1H3,(H,11,12). The Hall–Kier alpha value is -0.830. The van der Waals surface area contributed by atoms with Gasteiger partial charge in [0, 0.05) is 17.9 Å². The van der Waals surface area contributed by atoms with Gasteiger partial charge in [0.05, 0.1) is 0 Å². The van der Waals surface area contributed by atoms with E-state index in [0.717, 1.165) is 0 Å². The molecule has 1 saturated carbocycles.